The van der Waals surface area contributed by atoms with Crippen molar-refractivity contribution >= 4 is 23.2 Å². The Morgan fingerprint density at radius 1 is 1.10 bits per heavy atom. The smallest absolute Gasteiger partial charge is 0.119 e. The summed E-state index contributed by atoms with van der Waals surface area (Å²) in [7, 11) is 1.93. The molecule has 4 heteroatoms. The van der Waals surface area contributed by atoms with E-state index in [1.54, 1.807) is 0 Å². The highest BCUT2D eigenvalue weighted by Crippen LogP contribution is 2.30. The van der Waals surface area contributed by atoms with E-state index in [0.29, 0.717) is 16.7 Å². The number of nitrogens with one attached hydrogen (secondary N) is 1. The predicted octanol–water partition coefficient (Wildman–Crippen LogP) is 4.90. The number of rotatable bonds is 6. The standard InChI is InChI=1S/C17H19Cl2NO/c1-3-21-13-7-4-6-12(10-13)17(20-2)11-14-15(18)8-5-9-16(14)19/h4-10,17,20H,3,11H2,1-2H3. The minimum Gasteiger partial charge on any atom is -0.494 e. The third-order valence-corrected chi connectivity index (χ3v) is 4.10. The van der Waals surface area contributed by atoms with Gasteiger partial charge in [0.15, 0.2) is 0 Å². The fourth-order valence-electron chi connectivity index (χ4n) is 2.31. The minimum atomic E-state index is 0.128. The van der Waals surface area contributed by atoms with Crippen LogP contribution in [0.1, 0.15) is 24.1 Å². The van der Waals surface area contributed by atoms with E-state index in [9.17, 15) is 0 Å². The molecule has 0 saturated carbocycles. The first-order valence-corrected chi connectivity index (χ1v) is 7.74. The average molecular weight is 324 g/mol. The van der Waals surface area contributed by atoms with Crippen molar-refractivity contribution in [1.82, 2.24) is 5.32 Å². The molecule has 0 aliphatic carbocycles. The van der Waals surface area contributed by atoms with Gasteiger partial charge in [-0.15, -0.1) is 0 Å². The molecular formula is C17H19Cl2NO. The number of hydrogen-bond acceptors (Lipinski definition) is 2. The number of hydrogen-bond donors (Lipinski definition) is 1. The van der Waals surface area contributed by atoms with Crippen LogP contribution in [0.4, 0.5) is 0 Å². The van der Waals surface area contributed by atoms with E-state index in [2.05, 4.69) is 17.4 Å². The summed E-state index contributed by atoms with van der Waals surface area (Å²) in [4.78, 5) is 0. The highest BCUT2D eigenvalue weighted by Gasteiger charge is 2.15. The summed E-state index contributed by atoms with van der Waals surface area (Å²) in [6, 6.07) is 13.8. The molecule has 2 aromatic rings. The highest BCUT2D eigenvalue weighted by atomic mass is 35.5. The van der Waals surface area contributed by atoms with Crippen LogP contribution in [0.15, 0.2) is 42.5 Å². The number of halogens is 2. The maximum atomic E-state index is 6.26. The van der Waals surface area contributed by atoms with Crippen LogP contribution in [0, 0.1) is 0 Å². The van der Waals surface area contributed by atoms with Gasteiger partial charge in [-0.3, -0.25) is 0 Å². The van der Waals surface area contributed by atoms with Gasteiger partial charge in [0.05, 0.1) is 6.61 Å². The summed E-state index contributed by atoms with van der Waals surface area (Å²) < 4.78 is 5.56. The summed E-state index contributed by atoms with van der Waals surface area (Å²) in [6.45, 7) is 2.63. The molecule has 0 aliphatic rings. The maximum Gasteiger partial charge on any atom is 0.119 e. The van der Waals surface area contributed by atoms with Gasteiger partial charge in [-0.2, -0.15) is 0 Å². The zero-order valence-corrected chi connectivity index (χ0v) is 13.7. The third kappa shape index (κ3) is 4.13. The Morgan fingerprint density at radius 3 is 2.38 bits per heavy atom. The minimum absolute atomic E-state index is 0.128. The number of ether oxygens (including phenoxy) is 1. The summed E-state index contributed by atoms with van der Waals surface area (Å²) in [5.74, 6) is 0.875. The lowest BCUT2D eigenvalue weighted by molar-refractivity contribution is 0.339. The molecule has 0 saturated heterocycles. The van der Waals surface area contributed by atoms with Gasteiger partial charge in [0, 0.05) is 16.1 Å². The summed E-state index contributed by atoms with van der Waals surface area (Å²) >= 11 is 12.5. The first-order chi connectivity index (χ1) is 10.2. The van der Waals surface area contributed by atoms with Gasteiger partial charge < -0.3 is 10.1 Å². The average Bonchev–Trinajstić information content (AvgIpc) is 2.48. The molecule has 0 bridgehead atoms. The lowest BCUT2D eigenvalue weighted by Gasteiger charge is -2.19. The van der Waals surface area contributed by atoms with Crippen LogP contribution in [0.5, 0.6) is 5.75 Å². The number of likely N-dealkylation sites (N-methyl/N-ethyl adjacent to an activating group) is 1. The topological polar surface area (TPSA) is 21.3 Å². The van der Waals surface area contributed by atoms with Crippen molar-refractivity contribution in [1.29, 1.82) is 0 Å². The predicted molar refractivity (Wildman–Crippen MR) is 89.6 cm³/mol. The SMILES string of the molecule is CCOc1cccc(C(Cc2c(Cl)cccc2Cl)NC)c1. The molecule has 1 atom stereocenters. The monoisotopic (exact) mass is 323 g/mol. The molecule has 0 radical (unpaired) electrons. The third-order valence-electron chi connectivity index (χ3n) is 3.39. The van der Waals surface area contributed by atoms with Crippen LogP contribution in [0.25, 0.3) is 0 Å². The Labute approximate surface area is 136 Å². The number of benzene rings is 2. The van der Waals surface area contributed by atoms with Crippen LogP contribution in [-0.2, 0) is 6.42 Å². The van der Waals surface area contributed by atoms with E-state index in [-0.39, 0.29) is 6.04 Å². The van der Waals surface area contributed by atoms with Gasteiger partial charge in [-0.1, -0.05) is 41.4 Å². The molecular weight excluding hydrogens is 305 g/mol. The largest absolute Gasteiger partial charge is 0.494 e. The van der Waals surface area contributed by atoms with Gasteiger partial charge in [-0.05, 0) is 55.8 Å². The van der Waals surface area contributed by atoms with E-state index < -0.39 is 0 Å². The van der Waals surface area contributed by atoms with Crippen molar-refractivity contribution in [3.63, 3.8) is 0 Å². The first-order valence-electron chi connectivity index (χ1n) is 6.98. The van der Waals surface area contributed by atoms with Gasteiger partial charge in [-0.25, -0.2) is 0 Å². The van der Waals surface area contributed by atoms with Crippen LogP contribution < -0.4 is 10.1 Å². The van der Waals surface area contributed by atoms with Gasteiger partial charge in [0.25, 0.3) is 0 Å². The van der Waals surface area contributed by atoms with Gasteiger partial charge >= 0.3 is 0 Å². The fourth-order valence-corrected chi connectivity index (χ4v) is 2.86. The second-order valence-electron chi connectivity index (χ2n) is 4.75. The molecule has 0 aliphatic heterocycles. The fraction of sp³-hybridized carbons (Fsp3) is 0.294. The molecule has 1 unspecified atom stereocenters. The maximum absolute atomic E-state index is 6.26. The van der Waals surface area contributed by atoms with E-state index >= 15 is 0 Å². The molecule has 0 spiro atoms. The molecule has 2 nitrogen and oxygen atoms in total. The quantitative estimate of drug-likeness (QED) is 0.816. The first kappa shape index (κ1) is 16.2. The van der Waals surface area contributed by atoms with Crippen molar-refractivity contribution in [2.45, 2.75) is 19.4 Å². The van der Waals surface area contributed by atoms with Crippen molar-refractivity contribution in [3.05, 3.63) is 63.6 Å². The summed E-state index contributed by atoms with van der Waals surface area (Å²) in [6.07, 6.45) is 0.727. The molecule has 0 fully saturated rings. The van der Waals surface area contributed by atoms with Crippen molar-refractivity contribution in [2.75, 3.05) is 13.7 Å². The lowest BCUT2D eigenvalue weighted by atomic mass is 9.98. The zero-order chi connectivity index (χ0) is 15.2. The molecule has 21 heavy (non-hydrogen) atoms. The Kier molecular flexibility index (Phi) is 5.92. The molecule has 0 amide bonds. The molecule has 112 valence electrons. The van der Waals surface area contributed by atoms with Crippen LogP contribution in [0.2, 0.25) is 10.0 Å². The van der Waals surface area contributed by atoms with Crippen LogP contribution >= 0.6 is 23.2 Å². The van der Waals surface area contributed by atoms with Gasteiger partial charge in [0.1, 0.15) is 5.75 Å². The Morgan fingerprint density at radius 2 is 1.76 bits per heavy atom. The Balaban J connectivity index is 2.26. The summed E-state index contributed by atoms with van der Waals surface area (Å²) in [5.41, 5.74) is 2.11. The Bertz CT molecular complexity index is 581. The molecule has 2 aromatic carbocycles. The second-order valence-corrected chi connectivity index (χ2v) is 5.57. The Hall–Kier alpha value is -1.22. The molecule has 0 heterocycles. The second kappa shape index (κ2) is 7.69. The van der Waals surface area contributed by atoms with E-state index in [1.165, 1.54) is 0 Å². The molecule has 2 rings (SSSR count). The van der Waals surface area contributed by atoms with Crippen LogP contribution in [0.3, 0.4) is 0 Å². The molecule has 0 aromatic heterocycles. The summed E-state index contributed by atoms with van der Waals surface area (Å²) in [5, 5.41) is 4.71. The van der Waals surface area contributed by atoms with Crippen LogP contribution in [-0.4, -0.2) is 13.7 Å². The van der Waals surface area contributed by atoms with Gasteiger partial charge in [0.2, 0.25) is 0 Å². The van der Waals surface area contributed by atoms with E-state index in [1.807, 2.05) is 44.3 Å². The highest BCUT2D eigenvalue weighted by molar-refractivity contribution is 6.36. The van der Waals surface area contributed by atoms with E-state index in [0.717, 1.165) is 23.3 Å². The normalized spacial score (nSPS) is 12.2. The lowest BCUT2D eigenvalue weighted by Crippen LogP contribution is -2.19. The zero-order valence-electron chi connectivity index (χ0n) is 12.2. The van der Waals surface area contributed by atoms with Crippen molar-refractivity contribution < 1.29 is 4.74 Å². The van der Waals surface area contributed by atoms with Crippen molar-refractivity contribution in [2.24, 2.45) is 0 Å². The molecule has 1 N–H and O–H groups in total. The van der Waals surface area contributed by atoms with E-state index in [4.69, 9.17) is 27.9 Å². The van der Waals surface area contributed by atoms with Crippen molar-refractivity contribution in [3.8, 4) is 5.75 Å².